The second kappa shape index (κ2) is 12.9. The normalized spacial score (nSPS) is 15.2. The molecule has 7 aromatic heterocycles. The summed E-state index contributed by atoms with van der Waals surface area (Å²) in [6.07, 6.45) is 10.5. The summed E-state index contributed by atoms with van der Waals surface area (Å²) in [5.74, 6) is 0.450. The zero-order valence-corrected chi connectivity index (χ0v) is 36.4. The minimum atomic E-state index is 0.450. The van der Waals surface area contributed by atoms with E-state index in [0.29, 0.717) is 5.92 Å². The summed E-state index contributed by atoms with van der Waals surface area (Å²) in [5.41, 5.74) is 21.2. The summed E-state index contributed by atoms with van der Waals surface area (Å²) < 4.78 is 16.0. The number of nitrogens with two attached hydrogens (primary N) is 1. The van der Waals surface area contributed by atoms with E-state index in [4.69, 9.17) is 5.73 Å². The zero-order valence-electron chi connectivity index (χ0n) is 32.3. The maximum Gasteiger partial charge on any atom is 0.0837 e. The first-order valence-corrected chi connectivity index (χ1v) is 23.7. The topological polar surface area (TPSA) is 35.9 Å². The van der Waals surface area contributed by atoms with Gasteiger partial charge in [-0.2, -0.15) is 0 Å². The van der Waals surface area contributed by atoms with Crippen molar-refractivity contribution in [3.8, 4) is 21.8 Å². The van der Waals surface area contributed by atoms with E-state index in [0.717, 1.165) is 12.1 Å². The van der Waals surface area contributed by atoms with E-state index >= 15 is 0 Å². The van der Waals surface area contributed by atoms with Gasteiger partial charge < -0.3 is 14.9 Å². The first-order valence-electron chi connectivity index (χ1n) is 19.6. The van der Waals surface area contributed by atoms with Crippen LogP contribution < -0.4 is 5.73 Å². The van der Waals surface area contributed by atoms with Crippen molar-refractivity contribution in [2.45, 2.75) is 34.1 Å². The summed E-state index contributed by atoms with van der Waals surface area (Å²) >= 11 is 9.71. The number of para-hydroxylation sites is 1. The summed E-state index contributed by atoms with van der Waals surface area (Å²) in [6, 6.07) is 35.7. The number of aryl methyl sites for hydroxylation is 2. The van der Waals surface area contributed by atoms with Gasteiger partial charge in [0.05, 0.1) is 45.6 Å². The van der Waals surface area contributed by atoms with Crippen LogP contribution in [0.3, 0.4) is 0 Å². The lowest BCUT2D eigenvalue weighted by molar-refractivity contribution is 0.766. The molecule has 1 aliphatic carbocycles. The Morgan fingerprint density at radius 2 is 1.26 bits per heavy atom. The van der Waals surface area contributed by atoms with Gasteiger partial charge in [0, 0.05) is 57.6 Å². The third-order valence-corrected chi connectivity index (χ3v) is 18.3. The second-order valence-corrected chi connectivity index (χ2v) is 21.0. The molecule has 0 aliphatic heterocycles. The van der Waals surface area contributed by atoms with Crippen molar-refractivity contribution in [2.24, 2.45) is 5.92 Å². The molecule has 2 N–H and O–H groups in total. The molecule has 11 aromatic rings. The van der Waals surface area contributed by atoms with Crippen LogP contribution in [0.15, 0.2) is 126 Å². The van der Waals surface area contributed by atoms with Crippen molar-refractivity contribution in [3.05, 3.63) is 142 Å². The third-order valence-electron chi connectivity index (χ3n) is 12.0. The fourth-order valence-electron chi connectivity index (χ4n) is 8.91. The average molecular weight is 840 g/mol. The Balaban J connectivity index is 1.11. The molecule has 1 atom stereocenters. The number of nitrogen functional groups attached to an aromatic ring is 1. The molecule has 0 saturated heterocycles. The minimum Gasteiger partial charge on any atom is -0.399 e. The molecule has 58 heavy (non-hydrogen) atoms. The SMILES string of the molecule is CC1=CCC(/C(C)=C/c2sc3c4sc5cc6c(cc5c4n(-c4ccccc4)c3c2C)sc2c3sc4cc(-c5ccc(N)cc5)sc4c3n(-c3ccc(C)cc3)c62)C=C1. The molecular formula is C50H37N3S5. The lowest BCUT2D eigenvalue weighted by Crippen LogP contribution is -2.00. The van der Waals surface area contributed by atoms with Gasteiger partial charge in [-0.15, -0.1) is 56.7 Å². The van der Waals surface area contributed by atoms with E-state index in [9.17, 15) is 0 Å². The Labute approximate surface area is 355 Å². The van der Waals surface area contributed by atoms with Crippen LogP contribution >= 0.6 is 56.7 Å². The number of hydrogen-bond donors (Lipinski definition) is 1. The molecule has 7 heterocycles. The Morgan fingerprint density at radius 1 is 0.638 bits per heavy atom. The summed E-state index contributed by atoms with van der Waals surface area (Å²) in [5, 5.41) is 2.67. The van der Waals surface area contributed by atoms with Crippen LogP contribution in [0.25, 0.3) is 98.3 Å². The Morgan fingerprint density at radius 3 is 1.93 bits per heavy atom. The molecule has 1 aliphatic rings. The number of aromatic nitrogens is 2. The summed E-state index contributed by atoms with van der Waals surface area (Å²) in [7, 11) is 0. The fourth-order valence-corrected chi connectivity index (χ4v) is 15.5. The van der Waals surface area contributed by atoms with Gasteiger partial charge in [-0.3, -0.25) is 0 Å². The molecule has 0 spiro atoms. The van der Waals surface area contributed by atoms with Gasteiger partial charge in [-0.25, -0.2) is 0 Å². The number of benzene rings is 4. The van der Waals surface area contributed by atoms with E-state index in [1.165, 1.54) is 119 Å². The van der Waals surface area contributed by atoms with Crippen LogP contribution in [-0.2, 0) is 0 Å². The molecule has 4 aromatic carbocycles. The van der Waals surface area contributed by atoms with Crippen LogP contribution in [0.1, 0.15) is 36.3 Å². The van der Waals surface area contributed by atoms with Crippen LogP contribution in [-0.4, -0.2) is 9.13 Å². The molecular weight excluding hydrogens is 803 g/mol. The van der Waals surface area contributed by atoms with E-state index in [1.807, 2.05) is 68.8 Å². The maximum atomic E-state index is 6.06. The lowest BCUT2D eigenvalue weighted by Gasteiger charge is -2.15. The monoisotopic (exact) mass is 839 g/mol. The van der Waals surface area contributed by atoms with Gasteiger partial charge in [-0.1, -0.05) is 77.4 Å². The first kappa shape index (κ1) is 34.8. The number of allylic oxidation sites excluding steroid dienone is 5. The molecule has 0 bridgehead atoms. The second-order valence-electron chi connectivity index (χ2n) is 15.8. The van der Waals surface area contributed by atoms with Crippen molar-refractivity contribution in [3.63, 3.8) is 0 Å². The van der Waals surface area contributed by atoms with Crippen LogP contribution in [0.2, 0.25) is 0 Å². The molecule has 0 fully saturated rings. The molecule has 0 radical (unpaired) electrons. The van der Waals surface area contributed by atoms with E-state index in [-0.39, 0.29) is 0 Å². The van der Waals surface area contributed by atoms with Gasteiger partial charge in [0.15, 0.2) is 0 Å². The fraction of sp³-hybridized carbons (Fsp3) is 0.120. The average Bonchev–Trinajstić information content (AvgIpc) is 4.09. The van der Waals surface area contributed by atoms with Crippen LogP contribution in [0.4, 0.5) is 5.69 Å². The minimum absolute atomic E-state index is 0.450. The molecule has 0 saturated carbocycles. The Kier molecular flexibility index (Phi) is 7.73. The van der Waals surface area contributed by atoms with Gasteiger partial charge in [-0.05, 0) is 106 Å². The highest BCUT2D eigenvalue weighted by Gasteiger charge is 2.27. The molecule has 0 amide bonds. The van der Waals surface area contributed by atoms with Crippen molar-refractivity contribution in [1.82, 2.24) is 9.13 Å². The number of thiophene rings is 5. The van der Waals surface area contributed by atoms with Gasteiger partial charge in [0.2, 0.25) is 0 Å². The number of anilines is 1. The highest BCUT2D eigenvalue weighted by molar-refractivity contribution is 7.37. The number of hydrogen-bond acceptors (Lipinski definition) is 6. The van der Waals surface area contributed by atoms with E-state index < -0.39 is 0 Å². The quantitative estimate of drug-likeness (QED) is 0.172. The number of rotatable bonds is 5. The highest BCUT2D eigenvalue weighted by Crippen LogP contribution is 2.54. The maximum absolute atomic E-state index is 6.06. The smallest absolute Gasteiger partial charge is 0.0837 e. The van der Waals surface area contributed by atoms with E-state index in [2.05, 4.69) is 146 Å². The molecule has 8 heteroatoms. The Hall–Kier alpha value is -5.22. The number of fused-ring (bicyclic) bond motifs is 12. The third kappa shape index (κ3) is 5.12. The van der Waals surface area contributed by atoms with Gasteiger partial charge in [0.1, 0.15) is 0 Å². The van der Waals surface area contributed by atoms with Crippen molar-refractivity contribution < 1.29 is 0 Å². The molecule has 3 nitrogen and oxygen atoms in total. The molecule has 1 unspecified atom stereocenters. The first-order chi connectivity index (χ1) is 28.3. The predicted molar refractivity (Wildman–Crippen MR) is 261 cm³/mol. The lowest BCUT2D eigenvalue weighted by atomic mass is 9.90. The van der Waals surface area contributed by atoms with Gasteiger partial charge >= 0.3 is 0 Å². The van der Waals surface area contributed by atoms with Crippen molar-refractivity contribution >= 4 is 139 Å². The largest absolute Gasteiger partial charge is 0.399 e. The molecule has 12 rings (SSSR count). The van der Waals surface area contributed by atoms with Crippen molar-refractivity contribution in [1.29, 1.82) is 0 Å². The highest BCUT2D eigenvalue weighted by atomic mass is 32.1. The summed E-state index contributed by atoms with van der Waals surface area (Å²) in [6.45, 7) is 9.00. The summed E-state index contributed by atoms with van der Waals surface area (Å²) in [4.78, 5) is 2.64. The number of nitrogens with zero attached hydrogens (tertiary/aromatic N) is 2. The molecule has 282 valence electrons. The standard InChI is InChI=1S/C50H37N3S5/c1-26-10-14-30(15-11-26)28(3)22-37-29(4)42-47(54-37)48-43(52(42)33-8-6-5-7-9-33)35-23-40-36(24-39(35)56-48)44-49(57-40)50-45(53(44)34-20-12-27(2)13-21-34)46-41(58-50)25-38(55-46)31-16-18-32(51)19-17-31/h5-14,16-25,30H,15,51H2,1-4H3/b28-22+. The van der Waals surface area contributed by atoms with Crippen molar-refractivity contribution in [2.75, 3.05) is 5.73 Å². The van der Waals surface area contributed by atoms with Crippen LogP contribution in [0, 0.1) is 19.8 Å². The predicted octanol–water partition coefficient (Wildman–Crippen LogP) is 16.4. The van der Waals surface area contributed by atoms with E-state index in [1.54, 1.807) is 0 Å². The Bertz CT molecular complexity index is 3570. The zero-order chi connectivity index (χ0) is 39.0. The van der Waals surface area contributed by atoms with Gasteiger partial charge in [0.25, 0.3) is 0 Å². The van der Waals surface area contributed by atoms with Crippen LogP contribution in [0.5, 0.6) is 0 Å².